The quantitative estimate of drug-likeness (QED) is 0.203. The van der Waals surface area contributed by atoms with Crippen molar-refractivity contribution in [1.82, 2.24) is 5.32 Å². The zero-order valence-electron chi connectivity index (χ0n) is 17.6. The molecule has 0 atom stereocenters. The number of nitro benzene ring substituents is 1. The number of nitro groups is 1. The molecule has 0 bridgehead atoms. The van der Waals surface area contributed by atoms with Crippen LogP contribution in [0.15, 0.2) is 72.8 Å². The Bertz CT molecular complexity index is 1200. The number of nitrogens with zero attached hydrogens (tertiary/aromatic N) is 1. The van der Waals surface area contributed by atoms with Crippen LogP contribution in [0.5, 0.6) is 5.75 Å². The van der Waals surface area contributed by atoms with E-state index in [0.717, 1.165) is 3.57 Å². The zero-order valence-corrected chi connectivity index (χ0v) is 19.8. The minimum atomic E-state index is -0.563. The molecule has 0 radical (unpaired) electrons. The predicted molar refractivity (Wildman–Crippen MR) is 134 cm³/mol. The van der Waals surface area contributed by atoms with Gasteiger partial charge in [-0.3, -0.25) is 24.5 Å². The van der Waals surface area contributed by atoms with Gasteiger partial charge in [-0.2, -0.15) is 0 Å². The maximum Gasteiger partial charge on any atom is 0.269 e. The van der Waals surface area contributed by atoms with E-state index >= 15 is 0 Å². The monoisotopic (exact) mass is 574 g/mol. The van der Waals surface area contributed by atoms with Crippen LogP contribution in [0.25, 0.3) is 0 Å². The highest BCUT2D eigenvalue weighted by Crippen LogP contribution is 2.18. The Hall–Kier alpha value is -4.00. The molecule has 0 saturated carbocycles. The van der Waals surface area contributed by atoms with E-state index in [1.165, 1.54) is 30.3 Å². The Morgan fingerprint density at radius 2 is 1.44 bits per heavy atom. The minimum Gasteiger partial charge on any atom is -0.483 e. The van der Waals surface area contributed by atoms with Crippen molar-refractivity contribution in [3.05, 3.63) is 92.0 Å². The SMILES string of the molecule is O=C(CNC(=O)c1ccccc1OCC(=O)Nc1ccc(I)cc1)Nc1ccc([N+](=O)[O-])cc1. The van der Waals surface area contributed by atoms with Gasteiger partial charge in [-0.1, -0.05) is 12.1 Å². The van der Waals surface area contributed by atoms with Crippen molar-refractivity contribution in [2.45, 2.75) is 0 Å². The van der Waals surface area contributed by atoms with Gasteiger partial charge in [0.2, 0.25) is 5.91 Å². The predicted octanol–water partition coefficient (Wildman–Crippen LogP) is 3.59. The fourth-order valence-corrected chi connectivity index (χ4v) is 3.14. The Morgan fingerprint density at radius 3 is 2.09 bits per heavy atom. The molecule has 0 aromatic heterocycles. The number of benzene rings is 3. The third kappa shape index (κ3) is 7.27. The van der Waals surface area contributed by atoms with Gasteiger partial charge in [-0.05, 0) is 71.1 Å². The number of hydrogen-bond donors (Lipinski definition) is 3. The topological polar surface area (TPSA) is 140 Å². The summed E-state index contributed by atoms with van der Waals surface area (Å²) in [4.78, 5) is 47.0. The average molecular weight is 574 g/mol. The number of para-hydroxylation sites is 1. The molecular formula is C23H19IN4O6. The molecule has 3 aromatic carbocycles. The molecule has 3 N–H and O–H groups in total. The van der Waals surface area contributed by atoms with E-state index in [1.807, 2.05) is 12.1 Å². The number of halogens is 1. The van der Waals surface area contributed by atoms with E-state index < -0.39 is 16.7 Å². The second kappa shape index (κ2) is 11.7. The van der Waals surface area contributed by atoms with Crippen LogP contribution in [0, 0.1) is 13.7 Å². The number of ether oxygens (including phenoxy) is 1. The largest absolute Gasteiger partial charge is 0.483 e. The lowest BCUT2D eigenvalue weighted by Crippen LogP contribution is -2.33. The van der Waals surface area contributed by atoms with E-state index in [9.17, 15) is 24.5 Å². The molecule has 174 valence electrons. The summed E-state index contributed by atoms with van der Waals surface area (Å²) < 4.78 is 6.55. The Morgan fingerprint density at radius 1 is 0.853 bits per heavy atom. The molecule has 3 aromatic rings. The van der Waals surface area contributed by atoms with E-state index in [-0.39, 0.29) is 36.1 Å². The molecule has 0 saturated heterocycles. The van der Waals surface area contributed by atoms with Gasteiger partial charge in [-0.15, -0.1) is 0 Å². The number of carbonyl (C=O) groups is 3. The molecule has 3 amide bonds. The maximum atomic E-state index is 12.6. The Labute approximate surface area is 208 Å². The van der Waals surface area contributed by atoms with Gasteiger partial charge in [0.15, 0.2) is 6.61 Å². The van der Waals surface area contributed by atoms with Crippen molar-refractivity contribution in [3.63, 3.8) is 0 Å². The van der Waals surface area contributed by atoms with Gasteiger partial charge >= 0.3 is 0 Å². The van der Waals surface area contributed by atoms with Crippen LogP contribution in [0.1, 0.15) is 10.4 Å². The minimum absolute atomic E-state index is 0.102. The number of hydrogen-bond acceptors (Lipinski definition) is 6. The highest BCUT2D eigenvalue weighted by atomic mass is 127. The first-order valence-electron chi connectivity index (χ1n) is 9.91. The Balaban J connectivity index is 1.52. The molecule has 0 aliphatic rings. The molecule has 0 aliphatic carbocycles. The van der Waals surface area contributed by atoms with Crippen molar-refractivity contribution >= 4 is 57.4 Å². The molecule has 11 heteroatoms. The lowest BCUT2D eigenvalue weighted by atomic mass is 10.2. The fourth-order valence-electron chi connectivity index (χ4n) is 2.78. The second-order valence-electron chi connectivity index (χ2n) is 6.87. The fraction of sp³-hybridized carbons (Fsp3) is 0.0870. The van der Waals surface area contributed by atoms with Crippen molar-refractivity contribution in [3.8, 4) is 5.75 Å². The average Bonchev–Trinajstić information content (AvgIpc) is 2.83. The van der Waals surface area contributed by atoms with Gasteiger partial charge < -0.3 is 20.7 Å². The summed E-state index contributed by atoms with van der Waals surface area (Å²) in [6.07, 6.45) is 0. The van der Waals surface area contributed by atoms with Crippen molar-refractivity contribution in [2.24, 2.45) is 0 Å². The molecule has 3 rings (SSSR count). The normalized spacial score (nSPS) is 10.1. The van der Waals surface area contributed by atoms with E-state index in [2.05, 4.69) is 38.5 Å². The van der Waals surface area contributed by atoms with Gasteiger partial charge in [0.1, 0.15) is 5.75 Å². The number of amides is 3. The lowest BCUT2D eigenvalue weighted by molar-refractivity contribution is -0.384. The summed E-state index contributed by atoms with van der Waals surface area (Å²) in [7, 11) is 0. The number of anilines is 2. The number of non-ortho nitro benzene ring substituents is 1. The molecule has 10 nitrogen and oxygen atoms in total. The van der Waals surface area contributed by atoms with Crippen LogP contribution < -0.4 is 20.7 Å². The zero-order chi connectivity index (χ0) is 24.5. The summed E-state index contributed by atoms with van der Waals surface area (Å²) in [6.45, 7) is -0.644. The van der Waals surface area contributed by atoms with Crippen LogP contribution in [-0.4, -0.2) is 35.8 Å². The summed E-state index contributed by atoms with van der Waals surface area (Å²) in [6, 6.07) is 18.9. The van der Waals surface area contributed by atoms with Crippen LogP contribution in [0.4, 0.5) is 17.1 Å². The smallest absolute Gasteiger partial charge is 0.269 e. The third-order valence-electron chi connectivity index (χ3n) is 4.39. The van der Waals surface area contributed by atoms with Crippen LogP contribution >= 0.6 is 22.6 Å². The van der Waals surface area contributed by atoms with Crippen molar-refractivity contribution in [2.75, 3.05) is 23.8 Å². The Kier molecular flexibility index (Phi) is 8.51. The molecule has 0 unspecified atom stereocenters. The van der Waals surface area contributed by atoms with Gasteiger partial charge in [0.05, 0.1) is 17.0 Å². The lowest BCUT2D eigenvalue weighted by Gasteiger charge is -2.12. The summed E-state index contributed by atoms with van der Waals surface area (Å²) >= 11 is 2.16. The van der Waals surface area contributed by atoms with Crippen molar-refractivity contribution < 1.29 is 24.0 Å². The van der Waals surface area contributed by atoms with E-state index in [0.29, 0.717) is 11.4 Å². The third-order valence-corrected chi connectivity index (χ3v) is 5.11. The highest BCUT2D eigenvalue weighted by molar-refractivity contribution is 14.1. The molecular weight excluding hydrogens is 555 g/mol. The molecule has 0 aliphatic heterocycles. The first-order valence-corrected chi connectivity index (χ1v) is 11.0. The van der Waals surface area contributed by atoms with E-state index in [1.54, 1.807) is 30.3 Å². The van der Waals surface area contributed by atoms with Gasteiger partial charge in [0, 0.05) is 27.1 Å². The van der Waals surface area contributed by atoms with Crippen LogP contribution in [0.2, 0.25) is 0 Å². The summed E-state index contributed by atoms with van der Waals surface area (Å²) in [5.74, 6) is -1.28. The number of nitrogens with one attached hydrogen (secondary N) is 3. The van der Waals surface area contributed by atoms with Gasteiger partial charge in [0.25, 0.3) is 17.5 Å². The summed E-state index contributed by atoms with van der Waals surface area (Å²) in [5, 5.41) is 18.4. The second-order valence-corrected chi connectivity index (χ2v) is 8.12. The van der Waals surface area contributed by atoms with E-state index in [4.69, 9.17) is 4.74 Å². The first-order chi connectivity index (χ1) is 16.3. The van der Waals surface area contributed by atoms with Crippen LogP contribution in [-0.2, 0) is 9.59 Å². The standard InChI is InChI=1S/C23H19IN4O6/c24-15-5-7-16(8-6-15)27-22(30)14-34-20-4-2-1-3-19(20)23(31)25-13-21(29)26-17-9-11-18(12-10-17)28(32)33/h1-12H,13-14H2,(H,25,31)(H,26,29)(H,27,30). The van der Waals surface area contributed by atoms with Gasteiger partial charge in [-0.25, -0.2) is 0 Å². The molecule has 0 spiro atoms. The maximum absolute atomic E-state index is 12.6. The molecule has 34 heavy (non-hydrogen) atoms. The molecule has 0 fully saturated rings. The molecule has 0 heterocycles. The van der Waals surface area contributed by atoms with Crippen LogP contribution in [0.3, 0.4) is 0 Å². The summed E-state index contributed by atoms with van der Waals surface area (Å²) in [5.41, 5.74) is 1.04. The highest BCUT2D eigenvalue weighted by Gasteiger charge is 2.15. The van der Waals surface area contributed by atoms with Crippen molar-refractivity contribution in [1.29, 1.82) is 0 Å². The first kappa shape index (κ1) is 24.6. The number of carbonyl (C=O) groups excluding carboxylic acids is 3. The number of rotatable bonds is 9.